The first-order valence-corrected chi connectivity index (χ1v) is 7.03. The van der Waals surface area contributed by atoms with Crippen LogP contribution in [0.5, 0.6) is 0 Å². The quantitative estimate of drug-likeness (QED) is 0.434. The summed E-state index contributed by atoms with van der Waals surface area (Å²) in [5.74, 6) is 0.726. The van der Waals surface area contributed by atoms with Crippen LogP contribution in [0.2, 0.25) is 0 Å². The standard InChI is InChI=1S/C18H26/c1-5-7-12-15(3)16(4)18-14-11-9-8-10-13-17(18)6-2/h5,7-9,12,17H,1,3,6,10-11,13-14H2,2,4H3/b9-8-,12-7-,18-16?. The van der Waals surface area contributed by atoms with E-state index in [1.807, 2.05) is 6.08 Å². The molecule has 0 N–H and O–H groups in total. The molecule has 0 saturated heterocycles. The summed E-state index contributed by atoms with van der Waals surface area (Å²) in [4.78, 5) is 0. The van der Waals surface area contributed by atoms with E-state index in [0.29, 0.717) is 0 Å². The van der Waals surface area contributed by atoms with Crippen molar-refractivity contribution in [1.82, 2.24) is 0 Å². The molecule has 1 rings (SSSR count). The van der Waals surface area contributed by atoms with Gasteiger partial charge in [0.25, 0.3) is 0 Å². The predicted octanol–water partition coefficient (Wildman–Crippen LogP) is 5.76. The Morgan fingerprint density at radius 2 is 2.11 bits per heavy atom. The van der Waals surface area contributed by atoms with Gasteiger partial charge in [-0.15, -0.1) is 0 Å². The highest BCUT2D eigenvalue weighted by Gasteiger charge is 2.15. The lowest BCUT2D eigenvalue weighted by Crippen LogP contribution is -2.07. The van der Waals surface area contributed by atoms with Gasteiger partial charge >= 0.3 is 0 Å². The second kappa shape index (κ2) is 7.92. The monoisotopic (exact) mass is 242 g/mol. The van der Waals surface area contributed by atoms with Crippen LogP contribution in [0.1, 0.15) is 46.0 Å². The molecule has 0 aliphatic heterocycles. The molecule has 0 saturated carbocycles. The third kappa shape index (κ3) is 4.18. The minimum atomic E-state index is 0.726. The van der Waals surface area contributed by atoms with Crippen molar-refractivity contribution in [2.75, 3.05) is 0 Å². The summed E-state index contributed by atoms with van der Waals surface area (Å²) in [6.07, 6.45) is 16.6. The molecule has 18 heavy (non-hydrogen) atoms. The zero-order valence-corrected chi connectivity index (χ0v) is 11.9. The molecule has 0 heteroatoms. The van der Waals surface area contributed by atoms with Crippen molar-refractivity contribution in [3.8, 4) is 0 Å². The molecule has 0 spiro atoms. The van der Waals surface area contributed by atoms with E-state index < -0.39 is 0 Å². The highest BCUT2D eigenvalue weighted by molar-refractivity contribution is 5.41. The zero-order chi connectivity index (χ0) is 13.4. The van der Waals surface area contributed by atoms with E-state index in [0.717, 1.165) is 11.5 Å². The fourth-order valence-corrected chi connectivity index (χ4v) is 2.61. The van der Waals surface area contributed by atoms with Gasteiger partial charge in [-0.25, -0.2) is 0 Å². The Morgan fingerprint density at radius 1 is 1.39 bits per heavy atom. The SMILES string of the molecule is C=C/C=C\C(=C)C(C)=C1CC/C=C\CCC1CC. The summed E-state index contributed by atoms with van der Waals surface area (Å²) < 4.78 is 0. The van der Waals surface area contributed by atoms with Crippen LogP contribution < -0.4 is 0 Å². The first-order chi connectivity index (χ1) is 8.70. The van der Waals surface area contributed by atoms with Crippen molar-refractivity contribution in [3.05, 3.63) is 60.3 Å². The van der Waals surface area contributed by atoms with Gasteiger partial charge in [0, 0.05) is 0 Å². The fourth-order valence-electron chi connectivity index (χ4n) is 2.61. The minimum absolute atomic E-state index is 0.726. The second-order valence-electron chi connectivity index (χ2n) is 4.96. The molecule has 0 aromatic rings. The smallest absolute Gasteiger partial charge is 0.0197 e. The number of hydrogen-bond acceptors (Lipinski definition) is 0. The molecule has 1 aliphatic rings. The summed E-state index contributed by atoms with van der Waals surface area (Å²) in [6, 6.07) is 0. The third-order valence-corrected chi connectivity index (χ3v) is 3.81. The van der Waals surface area contributed by atoms with Gasteiger partial charge in [-0.1, -0.05) is 56.0 Å². The van der Waals surface area contributed by atoms with Gasteiger partial charge in [0.1, 0.15) is 0 Å². The Morgan fingerprint density at radius 3 is 2.78 bits per heavy atom. The Labute approximate surface area is 112 Å². The summed E-state index contributed by atoms with van der Waals surface area (Å²) >= 11 is 0. The van der Waals surface area contributed by atoms with E-state index >= 15 is 0 Å². The summed E-state index contributed by atoms with van der Waals surface area (Å²) in [7, 11) is 0. The average molecular weight is 242 g/mol. The van der Waals surface area contributed by atoms with Gasteiger partial charge in [0.05, 0.1) is 0 Å². The van der Waals surface area contributed by atoms with Gasteiger partial charge in [0.15, 0.2) is 0 Å². The highest BCUT2D eigenvalue weighted by atomic mass is 14.2. The Bertz CT molecular complexity index is 377. The average Bonchev–Trinajstić information content (AvgIpc) is 2.35. The van der Waals surface area contributed by atoms with E-state index in [1.165, 1.54) is 37.7 Å². The molecule has 0 radical (unpaired) electrons. The first-order valence-electron chi connectivity index (χ1n) is 7.03. The summed E-state index contributed by atoms with van der Waals surface area (Å²) in [5.41, 5.74) is 4.13. The lowest BCUT2D eigenvalue weighted by molar-refractivity contribution is 0.519. The maximum Gasteiger partial charge on any atom is -0.0197 e. The summed E-state index contributed by atoms with van der Waals surface area (Å²) in [6.45, 7) is 12.4. The van der Waals surface area contributed by atoms with E-state index in [9.17, 15) is 0 Å². The van der Waals surface area contributed by atoms with E-state index in [4.69, 9.17) is 0 Å². The Kier molecular flexibility index (Phi) is 6.49. The second-order valence-corrected chi connectivity index (χ2v) is 4.96. The Balaban J connectivity index is 2.97. The molecular formula is C18H26. The number of allylic oxidation sites excluding steroid dienone is 8. The van der Waals surface area contributed by atoms with Crippen LogP contribution in [0.15, 0.2) is 60.3 Å². The van der Waals surface area contributed by atoms with E-state index in [2.05, 4.69) is 45.2 Å². The van der Waals surface area contributed by atoms with Crippen molar-refractivity contribution in [2.24, 2.45) is 5.92 Å². The molecule has 0 bridgehead atoms. The fraction of sp³-hybridized carbons (Fsp3) is 0.444. The molecule has 1 atom stereocenters. The van der Waals surface area contributed by atoms with Crippen LogP contribution in [-0.2, 0) is 0 Å². The van der Waals surface area contributed by atoms with Gasteiger partial charge in [-0.2, -0.15) is 0 Å². The van der Waals surface area contributed by atoms with Crippen LogP contribution >= 0.6 is 0 Å². The molecule has 0 aromatic carbocycles. The van der Waals surface area contributed by atoms with E-state index in [1.54, 1.807) is 11.6 Å². The number of hydrogen-bond donors (Lipinski definition) is 0. The van der Waals surface area contributed by atoms with Crippen LogP contribution in [0.4, 0.5) is 0 Å². The van der Waals surface area contributed by atoms with E-state index in [-0.39, 0.29) is 0 Å². The van der Waals surface area contributed by atoms with Crippen LogP contribution in [0, 0.1) is 5.92 Å². The van der Waals surface area contributed by atoms with Crippen LogP contribution in [0.3, 0.4) is 0 Å². The normalized spacial score (nSPS) is 25.3. The zero-order valence-electron chi connectivity index (χ0n) is 11.9. The molecular weight excluding hydrogens is 216 g/mol. The van der Waals surface area contributed by atoms with Gasteiger partial charge < -0.3 is 0 Å². The third-order valence-electron chi connectivity index (χ3n) is 3.81. The topological polar surface area (TPSA) is 0 Å². The number of rotatable bonds is 4. The highest BCUT2D eigenvalue weighted by Crippen LogP contribution is 2.32. The van der Waals surface area contributed by atoms with Crippen molar-refractivity contribution in [1.29, 1.82) is 0 Å². The van der Waals surface area contributed by atoms with Crippen LogP contribution in [0.25, 0.3) is 0 Å². The molecule has 0 aromatic heterocycles. The van der Waals surface area contributed by atoms with Crippen molar-refractivity contribution >= 4 is 0 Å². The lowest BCUT2D eigenvalue weighted by Gasteiger charge is -2.23. The molecule has 98 valence electrons. The van der Waals surface area contributed by atoms with Crippen molar-refractivity contribution in [3.63, 3.8) is 0 Å². The Hall–Kier alpha value is -1.30. The largest absolute Gasteiger partial charge is 0.0991 e. The van der Waals surface area contributed by atoms with Crippen molar-refractivity contribution in [2.45, 2.75) is 46.0 Å². The maximum atomic E-state index is 4.18. The molecule has 0 heterocycles. The molecule has 0 nitrogen and oxygen atoms in total. The molecule has 1 aliphatic carbocycles. The lowest BCUT2D eigenvalue weighted by atomic mass is 9.82. The first kappa shape index (κ1) is 14.8. The predicted molar refractivity (Wildman–Crippen MR) is 82.6 cm³/mol. The van der Waals surface area contributed by atoms with Gasteiger partial charge in [0.2, 0.25) is 0 Å². The molecule has 0 amide bonds. The molecule has 1 unspecified atom stereocenters. The maximum absolute atomic E-state index is 4.18. The van der Waals surface area contributed by atoms with Crippen molar-refractivity contribution < 1.29 is 0 Å². The van der Waals surface area contributed by atoms with Gasteiger partial charge in [-0.05, 0) is 56.1 Å². The van der Waals surface area contributed by atoms with Crippen LogP contribution in [-0.4, -0.2) is 0 Å². The van der Waals surface area contributed by atoms with Gasteiger partial charge in [-0.3, -0.25) is 0 Å². The minimum Gasteiger partial charge on any atom is -0.0991 e. The molecule has 0 fully saturated rings. The summed E-state index contributed by atoms with van der Waals surface area (Å²) in [5, 5.41) is 0.